The SMILES string of the molecule is CC[C@@H]1CCCN([C@H](C)c2nc(C3CC3)no2)C1. The maximum atomic E-state index is 5.45. The van der Waals surface area contributed by atoms with Crippen molar-refractivity contribution < 1.29 is 4.52 Å². The molecule has 4 heteroatoms. The van der Waals surface area contributed by atoms with Crippen LogP contribution < -0.4 is 0 Å². The van der Waals surface area contributed by atoms with Gasteiger partial charge in [-0.25, -0.2) is 0 Å². The third kappa shape index (κ3) is 2.44. The standard InChI is InChI=1S/C14H23N3O/c1-3-11-5-4-8-17(9-11)10(2)14-15-13(16-18-14)12-6-7-12/h10-12H,3-9H2,1-2H3/t10-,11-/m1/s1. The largest absolute Gasteiger partial charge is 0.338 e. The number of piperidine rings is 1. The molecule has 0 amide bonds. The predicted octanol–water partition coefficient (Wildman–Crippen LogP) is 3.13. The molecule has 1 aromatic heterocycles. The van der Waals surface area contributed by atoms with E-state index in [-0.39, 0.29) is 6.04 Å². The van der Waals surface area contributed by atoms with Gasteiger partial charge in [-0.1, -0.05) is 18.5 Å². The molecule has 2 fully saturated rings. The van der Waals surface area contributed by atoms with Crippen molar-refractivity contribution in [2.75, 3.05) is 13.1 Å². The molecule has 0 radical (unpaired) electrons. The van der Waals surface area contributed by atoms with Crippen LogP contribution in [0.5, 0.6) is 0 Å². The summed E-state index contributed by atoms with van der Waals surface area (Å²) < 4.78 is 5.45. The van der Waals surface area contributed by atoms with E-state index in [1.165, 1.54) is 45.2 Å². The Hall–Kier alpha value is -0.900. The van der Waals surface area contributed by atoms with Crippen molar-refractivity contribution in [2.45, 2.75) is 57.9 Å². The molecule has 1 aliphatic heterocycles. The Kier molecular flexibility index (Phi) is 3.37. The first kappa shape index (κ1) is 12.2. The van der Waals surface area contributed by atoms with Crippen LogP contribution in [-0.4, -0.2) is 28.1 Å². The lowest BCUT2D eigenvalue weighted by Gasteiger charge is -2.34. The third-order valence-electron chi connectivity index (χ3n) is 4.43. The van der Waals surface area contributed by atoms with Crippen LogP contribution in [0.3, 0.4) is 0 Å². The third-order valence-corrected chi connectivity index (χ3v) is 4.43. The van der Waals surface area contributed by atoms with Crippen molar-refractivity contribution >= 4 is 0 Å². The Morgan fingerprint density at radius 2 is 2.22 bits per heavy atom. The molecule has 2 aliphatic rings. The fourth-order valence-electron chi connectivity index (χ4n) is 2.86. The molecular weight excluding hydrogens is 226 g/mol. The van der Waals surface area contributed by atoms with E-state index < -0.39 is 0 Å². The highest BCUT2D eigenvalue weighted by atomic mass is 16.5. The van der Waals surface area contributed by atoms with Crippen LogP contribution in [0.15, 0.2) is 4.52 Å². The van der Waals surface area contributed by atoms with Crippen molar-refractivity contribution in [1.82, 2.24) is 15.0 Å². The van der Waals surface area contributed by atoms with Gasteiger partial charge >= 0.3 is 0 Å². The molecule has 0 unspecified atom stereocenters. The molecule has 0 N–H and O–H groups in total. The van der Waals surface area contributed by atoms with E-state index in [1.54, 1.807) is 0 Å². The monoisotopic (exact) mass is 249 g/mol. The molecule has 3 rings (SSSR count). The fourth-order valence-corrected chi connectivity index (χ4v) is 2.86. The van der Waals surface area contributed by atoms with Gasteiger partial charge in [-0.05, 0) is 45.1 Å². The normalized spacial score (nSPS) is 27.3. The molecule has 0 aromatic carbocycles. The lowest BCUT2D eigenvalue weighted by molar-refractivity contribution is 0.109. The Labute approximate surface area is 109 Å². The molecule has 1 saturated heterocycles. The van der Waals surface area contributed by atoms with Gasteiger partial charge in [-0.2, -0.15) is 4.98 Å². The topological polar surface area (TPSA) is 42.2 Å². The average Bonchev–Trinajstić information content (AvgIpc) is 3.16. The molecule has 2 atom stereocenters. The van der Waals surface area contributed by atoms with E-state index in [1.807, 2.05) is 0 Å². The summed E-state index contributed by atoms with van der Waals surface area (Å²) in [7, 11) is 0. The Morgan fingerprint density at radius 3 is 2.94 bits per heavy atom. The van der Waals surface area contributed by atoms with Crippen LogP contribution in [-0.2, 0) is 0 Å². The van der Waals surface area contributed by atoms with E-state index >= 15 is 0 Å². The zero-order valence-corrected chi connectivity index (χ0v) is 11.4. The second-order valence-electron chi connectivity index (χ2n) is 5.85. The molecule has 1 aliphatic carbocycles. The number of likely N-dealkylation sites (tertiary alicyclic amines) is 1. The van der Waals surface area contributed by atoms with Crippen molar-refractivity contribution in [3.05, 3.63) is 11.7 Å². The predicted molar refractivity (Wildman–Crippen MR) is 69.3 cm³/mol. The summed E-state index contributed by atoms with van der Waals surface area (Å²) in [4.78, 5) is 7.08. The zero-order chi connectivity index (χ0) is 12.5. The van der Waals surface area contributed by atoms with Crippen LogP contribution >= 0.6 is 0 Å². The molecule has 1 aromatic rings. The Balaban J connectivity index is 1.66. The summed E-state index contributed by atoms with van der Waals surface area (Å²) in [5, 5.41) is 4.12. The summed E-state index contributed by atoms with van der Waals surface area (Å²) in [6, 6.07) is 0.277. The molecule has 2 heterocycles. The summed E-state index contributed by atoms with van der Waals surface area (Å²) in [5.41, 5.74) is 0. The zero-order valence-electron chi connectivity index (χ0n) is 11.4. The van der Waals surface area contributed by atoms with Crippen molar-refractivity contribution in [3.8, 4) is 0 Å². The first-order chi connectivity index (χ1) is 8.78. The molecule has 4 nitrogen and oxygen atoms in total. The second-order valence-corrected chi connectivity index (χ2v) is 5.85. The smallest absolute Gasteiger partial charge is 0.243 e. The quantitative estimate of drug-likeness (QED) is 0.822. The van der Waals surface area contributed by atoms with Gasteiger partial charge in [-0.15, -0.1) is 0 Å². The molecule has 0 bridgehead atoms. The second kappa shape index (κ2) is 5.00. The molecule has 100 valence electrons. The lowest BCUT2D eigenvalue weighted by Crippen LogP contribution is -2.37. The van der Waals surface area contributed by atoms with Crippen LogP contribution in [0.25, 0.3) is 0 Å². The van der Waals surface area contributed by atoms with Crippen molar-refractivity contribution in [2.24, 2.45) is 5.92 Å². The molecular formula is C14H23N3O. The summed E-state index contributed by atoms with van der Waals surface area (Å²) in [6.07, 6.45) is 6.41. The van der Waals surface area contributed by atoms with Crippen LogP contribution in [0, 0.1) is 5.92 Å². The van der Waals surface area contributed by atoms with Gasteiger partial charge in [-0.3, -0.25) is 4.90 Å². The Bertz CT molecular complexity index is 399. The lowest BCUT2D eigenvalue weighted by atomic mass is 9.95. The van der Waals surface area contributed by atoms with Gasteiger partial charge in [0, 0.05) is 12.5 Å². The molecule has 1 saturated carbocycles. The molecule has 18 heavy (non-hydrogen) atoms. The summed E-state index contributed by atoms with van der Waals surface area (Å²) >= 11 is 0. The van der Waals surface area contributed by atoms with Gasteiger partial charge in [0.05, 0.1) is 6.04 Å². The number of nitrogens with zero attached hydrogens (tertiary/aromatic N) is 3. The van der Waals surface area contributed by atoms with E-state index in [2.05, 4.69) is 28.9 Å². The van der Waals surface area contributed by atoms with Gasteiger partial charge in [0.25, 0.3) is 0 Å². The minimum atomic E-state index is 0.277. The van der Waals surface area contributed by atoms with Gasteiger partial charge in [0.15, 0.2) is 5.82 Å². The van der Waals surface area contributed by atoms with Crippen LogP contribution in [0.4, 0.5) is 0 Å². The maximum Gasteiger partial charge on any atom is 0.243 e. The fraction of sp³-hybridized carbons (Fsp3) is 0.857. The summed E-state index contributed by atoms with van der Waals surface area (Å²) in [6.45, 7) is 6.83. The van der Waals surface area contributed by atoms with Crippen LogP contribution in [0.2, 0.25) is 0 Å². The number of aromatic nitrogens is 2. The maximum absolute atomic E-state index is 5.45. The summed E-state index contributed by atoms with van der Waals surface area (Å²) in [5.74, 6) is 3.17. The van der Waals surface area contributed by atoms with E-state index in [4.69, 9.17) is 4.52 Å². The highest BCUT2D eigenvalue weighted by molar-refractivity contribution is 5.04. The first-order valence-corrected chi connectivity index (χ1v) is 7.35. The van der Waals surface area contributed by atoms with Crippen LogP contribution in [0.1, 0.15) is 69.6 Å². The average molecular weight is 249 g/mol. The minimum absolute atomic E-state index is 0.277. The van der Waals surface area contributed by atoms with Crippen molar-refractivity contribution in [1.29, 1.82) is 0 Å². The van der Waals surface area contributed by atoms with E-state index in [0.717, 1.165) is 17.6 Å². The number of hydrogen-bond donors (Lipinski definition) is 0. The van der Waals surface area contributed by atoms with E-state index in [0.29, 0.717) is 5.92 Å². The number of hydrogen-bond acceptors (Lipinski definition) is 4. The Morgan fingerprint density at radius 1 is 1.39 bits per heavy atom. The first-order valence-electron chi connectivity index (χ1n) is 7.35. The van der Waals surface area contributed by atoms with Gasteiger partial charge in [0.1, 0.15) is 0 Å². The number of rotatable bonds is 4. The highest BCUT2D eigenvalue weighted by Crippen LogP contribution is 2.38. The molecule has 0 spiro atoms. The van der Waals surface area contributed by atoms with Crippen molar-refractivity contribution in [3.63, 3.8) is 0 Å². The van der Waals surface area contributed by atoms with Gasteiger partial charge in [0.2, 0.25) is 5.89 Å². The highest BCUT2D eigenvalue weighted by Gasteiger charge is 2.31. The van der Waals surface area contributed by atoms with Gasteiger partial charge < -0.3 is 4.52 Å². The minimum Gasteiger partial charge on any atom is -0.338 e. The van der Waals surface area contributed by atoms with E-state index in [9.17, 15) is 0 Å².